The molecule has 18 heavy (non-hydrogen) atoms. The monoisotopic (exact) mass is 242 g/mol. The van der Waals surface area contributed by atoms with Crippen LogP contribution in [0.5, 0.6) is 0 Å². The van der Waals surface area contributed by atoms with Crippen molar-refractivity contribution in [2.75, 3.05) is 0 Å². The third kappa shape index (κ3) is 3.25. The minimum absolute atomic E-state index is 0.854. The van der Waals surface area contributed by atoms with Crippen LogP contribution in [0, 0.1) is 25.7 Å². The fourth-order valence-corrected chi connectivity index (χ4v) is 3.03. The summed E-state index contributed by atoms with van der Waals surface area (Å²) in [5.41, 5.74) is 5.84. The second-order valence-corrected chi connectivity index (χ2v) is 6.24. The Morgan fingerprint density at radius 2 is 1.78 bits per heavy atom. The van der Waals surface area contributed by atoms with Gasteiger partial charge in [0.25, 0.3) is 0 Å². The van der Waals surface area contributed by atoms with E-state index in [4.69, 9.17) is 0 Å². The van der Waals surface area contributed by atoms with Gasteiger partial charge in [0.1, 0.15) is 0 Å². The second kappa shape index (κ2) is 5.73. The number of aryl methyl sites for hydroxylation is 2. The number of hydrogen-bond donors (Lipinski definition) is 0. The maximum Gasteiger partial charge on any atom is -0.0228 e. The van der Waals surface area contributed by atoms with Gasteiger partial charge < -0.3 is 0 Å². The molecule has 0 nitrogen and oxygen atoms in total. The van der Waals surface area contributed by atoms with E-state index < -0.39 is 0 Å². The maximum atomic E-state index is 2.44. The van der Waals surface area contributed by atoms with Crippen LogP contribution in [-0.2, 0) is 0 Å². The van der Waals surface area contributed by atoms with Crippen LogP contribution in [0.4, 0.5) is 0 Å². The molecule has 0 radical (unpaired) electrons. The molecule has 1 fully saturated rings. The van der Waals surface area contributed by atoms with Gasteiger partial charge in [-0.2, -0.15) is 0 Å². The molecular weight excluding hydrogens is 216 g/mol. The average Bonchev–Trinajstić information content (AvgIpc) is 2.33. The van der Waals surface area contributed by atoms with Crippen molar-refractivity contribution in [3.8, 4) is 0 Å². The van der Waals surface area contributed by atoms with Gasteiger partial charge in [0, 0.05) is 0 Å². The topological polar surface area (TPSA) is 0 Å². The van der Waals surface area contributed by atoms with Gasteiger partial charge in [-0.25, -0.2) is 0 Å². The molecule has 0 heteroatoms. The molecule has 0 bridgehead atoms. The van der Waals surface area contributed by atoms with Crippen LogP contribution in [0.25, 0.3) is 6.08 Å². The lowest BCUT2D eigenvalue weighted by atomic mass is 9.79. The fourth-order valence-electron chi connectivity index (χ4n) is 3.03. The van der Waals surface area contributed by atoms with Crippen LogP contribution >= 0.6 is 0 Å². The molecule has 0 heterocycles. The summed E-state index contributed by atoms with van der Waals surface area (Å²) < 4.78 is 0. The smallest absolute Gasteiger partial charge is 0.0228 e. The predicted octanol–water partition coefficient (Wildman–Crippen LogP) is 5.53. The largest absolute Gasteiger partial charge is 0.0696 e. The predicted molar refractivity (Wildman–Crippen MR) is 80.7 cm³/mol. The van der Waals surface area contributed by atoms with Crippen LogP contribution in [0.3, 0.4) is 0 Å². The van der Waals surface area contributed by atoms with Crippen LogP contribution in [0.2, 0.25) is 0 Å². The first-order chi connectivity index (χ1) is 8.56. The first-order valence-electron chi connectivity index (χ1n) is 7.33. The normalized spacial score (nSPS) is 20.3. The molecular formula is C18H26. The van der Waals surface area contributed by atoms with Crippen molar-refractivity contribution in [3.63, 3.8) is 0 Å². The van der Waals surface area contributed by atoms with E-state index in [1.165, 1.54) is 42.4 Å². The van der Waals surface area contributed by atoms with Crippen molar-refractivity contribution >= 4 is 6.08 Å². The molecule has 0 aromatic heterocycles. The standard InChI is InChI=1S/C18H26/c1-13(2)17-9-6-16(7-10-17)12-18-8-5-14(3)11-15(18)4/h5,8,11-13,17H,6-7,9-10H2,1-4H3. The third-order valence-electron chi connectivity index (χ3n) is 4.40. The fraction of sp³-hybridized carbons (Fsp3) is 0.556. The van der Waals surface area contributed by atoms with Crippen LogP contribution in [0.1, 0.15) is 56.2 Å². The Bertz CT molecular complexity index is 427. The highest BCUT2D eigenvalue weighted by Gasteiger charge is 2.19. The Morgan fingerprint density at radius 3 is 2.33 bits per heavy atom. The molecule has 0 amide bonds. The molecule has 1 aliphatic carbocycles. The number of rotatable bonds is 2. The van der Waals surface area contributed by atoms with E-state index in [2.05, 4.69) is 52.0 Å². The summed E-state index contributed by atoms with van der Waals surface area (Å²) in [6.45, 7) is 9.11. The van der Waals surface area contributed by atoms with E-state index in [1.807, 2.05) is 0 Å². The molecule has 1 aromatic carbocycles. The van der Waals surface area contributed by atoms with Crippen molar-refractivity contribution in [3.05, 3.63) is 40.5 Å². The van der Waals surface area contributed by atoms with Gasteiger partial charge in [-0.15, -0.1) is 0 Å². The molecule has 0 spiro atoms. The Kier molecular flexibility index (Phi) is 4.27. The molecule has 98 valence electrons. The third-order valence-corrected chi connectivity index (χ3v) is 4.40. The summed E-state index contributed by atoms with van der Waals surface area (Å²) in [5, 5.41) is 0. The second-order valence-electron chi connectivity index (χ2n) is 6.24. The summed E-state index contributed by atoms with van der Waals surface area (Å²) in [6, 6.07) is 6.78. The molecule has 0 saturated heterocycles. The lowest BCUT2D eigenvalue weighted by molar-refractivity contribution is 0.312. The molecule has 0 unspecified atom stereocenters. The molecule has 1 saturated carbocycles. The van der Waals surface area contributed by atoms with E-state index in [0.717, 1.165) is 11.8 Å². The quantitative estimate of drug-likeness (QED) is 0.639. The van der Waals surface area contributed by atoms with Gasteiger partial charge in [0.2, 0.25) is 0 Å². The van der Waals surface area contributed by atoms with Crippen molar-refractivity contribution in [2.45, 2.75) is 53.4 Å². The van der Waals surface area contributed by atoms with Crippen LogP contribution in [0.15, 0.2) is 23.8 Å². The Balaban J connectivity index is 2.06. The Labute approximate surface area is 112 Å². The number of allylic oxidation sites excluding steroid dienone is 1. The van der Waals surface area contributed by atoms with E-state index in [1.54, 1.807) is 5.57 Å². The molecule has 0 aliphatic heterocycles. The summed E-state index contributed by atoms with van der Waals surface area (Å²) in [7, 11) is 0. The minimum atomic E-state index is 0.854. The average molecular weight is 242 g/mol. The number of hydrogen-bond acceptors (Lipinski definition) is 0. The van der Waals surface area contributed by atoms with Gasteiger partial charge in [0.15, 0.2) is 0 Å². The molecule has 0 N–H and O–H groups in total. The zero-order valence-corrected chi connectivity index (χ0v) is 12.3. The summed E-state index contributed by atoms with van der Waals surface area (Å²) >= 11 is 0. The van der Waals surface area contributed by atoms with Crippen molar-refractivity contribution < 1.29 is 0 Å². The Morgan fingerprint density at radius 1 is 1.11 bits per heavy atom. The maximum absolute atomic E-state index is 2.44. The molecule has 1 aromatic rings. The highest BCUT2D eigenvalue weighted by Crippen LogP contribution is 2.34. The number of benzene rings is 1. The van der Waals surface area contributed by atoms with Crippen molar-refractivity contribution in [1.29, 1.82) is 0 Å². The first-order valence-corrected chi connectivity index (χ1v) is 7.33. The van der Waals surface area contributed by atoms with E-state index in [0.29, 0.717) is 0 Å². The SMILES string of the molecule is Cc1ccc(C=C2CCC(C(C)C)CC2)c(C)c1. The van der Waals surface area contributed by atoms with Gasteiger partial charge >= 0.3 is 0 Å². The summed E-state index contributed by atoms with van der Waals surface area (Å²) in [5.74, 6) is 1.80. The lowest BCUT2D eigenvalue weighted by Crippen LogP contribution is -2.13. The zero-order valence-electron chi connectivity index (χ0n) is 12.3. The summed E-state index contributed by atoms with van der Waals surface area (Å²) in [4.78, 5) is 0. The highest BCUT2D eigenvalue weighted by molar-refractivity contribution is 5.57. The molecule has 2 rings (SSSR count). The first kappa shape index (κ1) is 13.4. The highest BCUT2D eigenvalue weighted by atomic mass is 14.2. The van der Waals surface area contributed by atoms with Crippen LogP contribution in [-0.4, -0.2) is 0 Å². The summed E-state index contributed by atoms with van der Waals surface area (Å²) in [6.07, 6.45) is 7.81. The zero-order chi connectivity index (χ0) is 13.1. The van der Waals surface area contributed by atoms with Gasteiger partial charge in [-0.05, 0) is 62.5 Å². The van der Waals surface area contributed by atoms with E-state index in [-0.39, 0.29) is 0 Å². The Hall–Kier alpha value is -1.04. The van der Waals surface area contributed by atoms with Gasteiger partial charge in [0.05, 0.1) is 0 Å². The van der Waals surface area contributed by atoms with Gasteiger partial charge in [-0.1, -0.05) is 49.3 Å². The van der Waals surface area contributed by atoms with E-state index in [9.17, 15) is 0 Å². The lowest BCUT2D eigenvalue weighted by Gasteiger charge is -2.27. The van der Waals surface area contributed by atoms with Crippen molar-refractivity contribution in [1.82, 2.24) is 0 Å². The molecule has 1 aliphatic rings. The molecule has 0 atom stereocenters. The van der Waals surface area contributed by atoms with Crippen molar-refractivity contribution in [2.24, 2.45) is 11.8 Å². The van der Waals surface area contributed by atoms with E-state index >= 15 is 0 Å². The minimum Gasteiger partial charge on any atom is -0.0696 e. The van der Waals surface area contributed by atoms with Crippen LogP contribution < -0.4 is 0 Å². The van der Waals surface area contributed by atoms with Gasteiger partial charge in [-0.3, -0.25) is 0 Å².